The summed E-state index contributed by atoms with van der Waals surface area (Å²) in [5.74, 6) is 0.337. The summed E-state index contributed by atoms with van der Waals surface area (Å²) in [6.07, 6.45) is 0. The largest absolute Gasteiger partial charge is 0.383 e. The number of hydrogen-bond donors (Lipinski definition) is 0. The molecule has 0 saturated heterocycles. The van der Waals surface area contributed by atoms with Crippen LogP contribution in [0.5, 0.6) is 0 Å². The zero-order valence-corrected chi connectivity index (χ0v) is 12.2. The van der Waals surface area contributed by atoms with Gasteiger partial charge in [0.1, 0.15) is 0 Å². The molecule has 0 aromatic rings. The second kappa shape index (κ2) is 7.90. The summed E-state index contributed by atoms with van der Waals surface area (Å²) < 4.78 is 10.1. The van der Waals surface area contributed by atoms with E-state index < -0.39 is 5.41 Å². The highest BCUT2D eigenvalue weighted by atomic mass is 35.5. The van der Waals surface area contributed by atoms with E-state index >= 15 is 0 Å². The van der Waals surface area contributed by atoms with Crippen LogP contribution in [0.4, 0.5) is 0 Å². The van der Waals surface area contributed by atoms with E-state index in [9.17, 15) is 4.79 Å². The molecule has 0 radical (unpaired) electrons. The minimum Gasteiger partial charge on any atom is -0.383 e. The molecule has 1 amide bonds. The molecule has 0 aromatic carbocycles. The van der Waals surface area contributed by atoms with Crippen LogP contribution in [0.2, 0.25) is 0 Å². The molecule has 0 heterocycles. The minimum atomic E-state index is -0.558. The average Bonchev–Trinajstić information content (AvgIpc) is 2.29. The van der Waals surface area contributed by atoms with Crippen LogP contribution in [0.3, 0.4) is 0 Å². The molecule has 0 saturated carbocycles. The molecule has 1 unspecified atom stereocenters. The molecule has 5 heteroatoms. The van der Waals surface area contributed by atoms with Gasteiger partial charge in [-0.25, -0.2) is 0 Å². The fourth-order valence-corrected chi connectivity index (χ4v) is 1.60. The molecule has 102 valence electrons. The smallest absolute Gasteiger partial charge is 0.229 e. The summed E-state index contributed by atoms with van der Waals surface area (Å²) in [6.45, 7) is 7.23. The van der Waals surface area contributed by atoms with E-state index in [2.05, 4.69) is 0 Å². The van der Waals surface area contributed by atoms with Crippen molar-refractivity contribution in [2.75, 3.05) is 39.9 Å². The highest BCUT2D eigenvalue weighted by molar-refractivity contribution is 6.19. The Bertz CT molecular complexity index is 234. The van der Waals surface area contributed by atoms with E-state index in [-0.39, 0.29) is 11.9 Å². The van der Waals surface area contributed by atoms with Gasteiger partial charge < -0.3 is 14.4 Å². The molecule has 0 spiro atoms. The molecule has 0 bridgehead atoms. The predicted molar refractivity (Wildman–Crippen MR) is 69.4 cm³/mol. The molecule has 1 atom stereocenters. The van der Waals surface area contributed by atoms with Crippen LogP contribution in [-0.2, 0) is 14.3 Å². The van der Waals surface area contributed by atoms with Crippen molar-refractivity contribution in [2.45, 2.75) is 26.8 Å². The number of carbonyl (C=O) groups is 1. The Hall–Kier alpha value is -0.320. The quantitative estimate of drug-likeness (QED) is 0.628. The van der Waals surface area contributed by atoms with Crippen LogP contribution >= 0.6 is 11.6 Å². The molecule has 0 fully saturated rings. The van der Waals surface area contributed by atoms with E-state index in [0.29, 0.717) is 25.6 Å². The Balaban J connectivity index is 4.72. The summed E-state index contributed by atoms with van der Waals surface area (Å²) in [5, 5.41) is 0. The van der Waals surface area contributed by atoms with Gasteiger partial charge in [0.2, 0.25) is 5.91 Å². The van der Waals surface area contributed by atoms with Crippen molar-refractivity contribution in [1.29, 1.82) is 0 Å². The van der Waals surface area contributed by atoms with Gasteiger partial charge in [0.15, 0.2) is 0 Å². The summed E-state index contributed by atoms with van der Waals surface area (Å²) in [5.41, 5.74) is -0.558. The van der Waals surface area contributed by atoms with Crippen molar-refractivity contribution < 1.29 is 14.3 Å². The average molecular weight is 266 g/mol. The van der Waals surface area contributed by atoms with Crippen LogP contribution in [-0.4, -0.2) is 56.7 Å². The lowest BCUT2D eigenvalue weighted by Gasteiger charge is -2.34. The van der Waals surface area contributed by atoms with Crippen LogP contribution in [0.1, 0.15) is 20.8 Å². The van der Waals surface area contributed by atoms with E-state index in [4.69, 9.17) is 21.1 Å². The third-order valence-corrected chi connectivity index (χ3v) is 3.32. The number of halogens is 1. The van der Waals surface area contributed by atoms with Gasteiger partial charge in [-0.1, -0.05) is 0 Å². The van der Waals surface area contributed by atoms with Gasteiger partial charge in [0, 0.05) is 26.6 Å². The molecule has 0 aliphatic rings. The van der Waals surface area contributed by atoms with E-state index in [0.717, 1.165) is 0 Å². The summed E-state index contributed by atoms with van der Waals surface area (Å²) in [6, 6.07) is 0.0186. The number of ether oxygens (including phenoxy) is 2. The highest BCUT2D eigenvalue weighted by Gasteiger charge is 2.33. The number of rotatable bonds is 8. The van der Waals surface area contributed by atoms with Gasteiger partial charge in [0.05, 0.1) is 24.7 Å². The van der Waals surface area contributed by atoms with Gasteiger partial charge in [-0.2, -0.15) is 0 Å². The maximum absolute atomic E-state index is 12.3. The summed E-state index contributed by atoms with van der Waals surface area (Å²) in [7, 11) is 3.25. The molecular formula is C12H24ClNO3. The molecular weight excluding hydrogens is 242 g/mol. The Morgan fingerprint density at radius 2 is 1.94 bits per heavy atom. The predicted octanol–water partition coefficient (Wildman–Crippen LogP) is 1.76. The first-order valence-corrected chi connectivity index (χ1v) is 6.29. The van der Waals surface area contributed by atoms with E-state index in [1.54, 1.807) is 19.1 Å². The van der Waals surface area contributed by atoms with Crippen molar-refractivity contribution in [2.24, 2.45) is 5.41 Å². The van der Waals surface area contributed by atoms with Crippen molar-refractivity contribution in [3.05, 3.63) is 0 Å². The molecule has 17 heavy (non-hydrogen) atoms. The number of hydrogen-bond acceptors (Lipinski definition) is 3. The van der Waals surface area contributed by atoms with Crippen LogP contribution in [0.25, 0.3) is 0 Å². The second-order valence-corrected chi connectivity index (χ2v) is 5.08. The lowest BCUT2D eigenvalue weighted by Crippen LogP contribution is -2.49. The van der Waals surface area contributed by atoms with Gasteiger partial charge in [0.25, 0.3) is 0 Å². The number of nitrogens with zero attached hydrogens (tertiary/aromatic N) is 1. The van der Waals surface area contributed by atoms with E-state index in [1.165, 1.54) is 0 Å². The fraction of sp³-hybridized carbons (Fsp3) is 0.917. The SMILES string of the molecule is COCCN(C(=O)C(C)(C)CCl)C(C)COC. The number of carbonyl (C=O) groups excluding carboxylic acids is 1. The van der Waals surface area contributed by atoms with Crippen molar-refractivity contribution in [3.63, 3.8) is 0 Å². The van der Waals surface area contributed by atoms with Crippen LogP contribution in [0.15, 0.2) is 0 Å². The van der Waals surface area contributed by atoms with Gasteiger partial charge in [-0.15, -0.1) is 11.6 Å². The normalized spacial score (nSPS) is 13.5. The standard InChI is InChI=1S/C12H24ClNO3/c1-10(8-17-5)14(6-7-16-4)11(15)12(2,3)9-13/h10H,6-9H2,1-5H3. The van der Waals surface area contributed by atoms with Crippen molar-refractivity contribution in [3.8, 4) is 0 Å². The van der Waals surface area contributed by atoms with Gasteiger partial charge in [-0.05, 0) is 20.8 Å². The maximum Gasteiger partial charge on any atom is 0.229 e. The van der Waals surface area contributed by atoms with Gasteiger partial charge in [-0.3, -0.25) is 4.79 Å². The fourth-order valence-electron chi connectivity index (χ4n) is 1.49. The highest BCUT2D eigenvalue weighted by Crippen LogP contribution is 2.22. The lowest BCUT2D eigenvalue weighted by atomic mass is 9.93. The summed E-state index contributed by atoms with van der Waals surface area (Å²) >= 11 is 5.84. The van der Waals surface area contributed by atoms with Gasteiger partial charge >= 0.3 is 0 Å². The molecule has 0 aliphatic heterocycles. The minimum absolute atomic E-state index is 0.0186. The monoisotopic (exact) mass is 265 g/mol. The van der Waals surface area contributed by atoms with E-state index in [1.807, 2.05) is 20.8 Å². The first-order chi connectivity index (χ1) is 7.90. The third-order valence-electron chi connectivity index (χ3n) is 2.65. The third kappa shape index (κ3) is 5.23. The molecule has 0 rings (SSSR count). The molecule has 0 aromatic heterocycles. The van der Waals surface area contributed by atoms with Crippen LogP contribution in [0, 0.1) is 5.41 Å². The Labute approximate surface area is 109 Å². The first-order valence-electron chi connectivity index (χ1n) is 5.75. The Morgan fingerprint density at radius 3 is 2.35 bits per heavy atom. The Morgan fingerprint density at radius 1 is 1.35 bits per heavy atom. The number of alkyl halides is 1. The van der Waals surface area contributed by atoms with Crippen LogP contribution < -0.4 is 0 Å². The lowest BCUT2D eigenvalue weighted by molar-refractivity contribution is -0.143. The topological polar surface area (TPSA) is 38.8 Å². The Kier molecular flexibility index (Phi) is 7.75. The van der Waals surface area contributed by atoms with Crippen molar-refractivity contribution in [1.82, 2.24) is 4.90 Å². The van der Waals surface area contributed by atoms with Crippen molar-refractivity contribution >= 4 is 17.5 Å². The number of methoxy groups -OCH3 is 2. The molecule has 0 N–H and O–H groups in total. The molecule has 0 aliphatic carbocycles. The summed E-state index contributed by atoms with van der Waals surface area (Å²) in [4.78, 5) is 14.1. The zero-order valence-electron chi connectivity index (χ0n) is 11.5. The zero-order chi connectivity index (χ0) is 13.5. The second-order valence-electron chi connectivity index (χ2n) is 4.81. The first kappa shape index (κ1) is 16.7. The molecule has 4 nitrogen and oxygen atoms in total. The maximum atomic E-state index is 12.3. The number of amides is 1.